The van der Waals surface area contributed by atoms with E-state index in [-0.39, 0.29) is 6.29 Å². The molecule has 17 heavy (non-hydrogen) atoms. The van der Waals surface area contributed by atoms with Crippen molar-refractivity contribution in [2.24, 2.45) is 0 Å². The van der Waals surface area contributed by atoms with Gasteiger partial charge in [0.05, 0.1) is 0 Å². The first-order valence-electron chi connectivity index (χ1n) is 6.89. The fourth-order valence-corrected chi connectivity index (χ4v) is 5.45. The minimum atomic E-state index is -1.66. The first-order chi connectivity index (χ1) is 8.01. The molecule has 2 atom stereocenters. The minimum absolute atomic E-state index is 0.0452. The Kier molecular flexibility index (Phi) is 7.12. The summed E-state index contributed by atoms with van der Waals surface area (Å²) in [5, 5.41) is 0. The zero-order valence-corrected chi connectivity index (χ0v) is 14.6. The Morgan fingerprint density at radius 2 is 2.18 bits per heavy atom. The summed E-state index contributed by atoms with van der Waals surface area (Å²) in [6.07, 6.45) is 7.98. The molecule has 1 saturated heterocycles. The van der Waals surface area contributed by atoms with Crippen LogP contribution in [0.3, 0.4) is 0 Å². The van der Waals surface area contributed by atoms with Gasteiger partial charge in [0.1, 0.15) is 0 Å². The van der Waals surface area contributed by atoms with Crippen molar-refractivity contribution in [3.05, 3.63) is 12.7 Å². The van der Waals surface area contributed by atoms with Crippen LogP contribution >= 0.6 is 0 Å². The second kappa shape index (κ2) is 7.80. The topological polar surface area (TPSA) is 18.5 Å². The van der Waals surface area contributed by atoms with Crippen molar-refractivity contribution in [3.8, 4) is 0 Å². The van der Waals surface area contributed by atoms with E-state index in [0.29, 0.717) is 6.10 Å². The van der Waals surface area contributed by atoms with Gasteiger partial charge < -0.3 is 0 Å². The van der Waals surface area contributed by atoms with Gasteiger partial charge in [0.25, 0.3) is 0 Å². The third-order valence-corrected chi connectivity index (χ3v) is 8.23. The van der Waals surface area contributed by atoms with Crippen LogP contribution in [0.5, 0.6) is 0 Å². The van der Waals surface area contributed by atoms with E-state index in [1.165, 1.54) is 23.7 Å². The first-order valence-corrected chi connectivity index (χ1v) is 17.5. The summed E-state index contributed by atoms with van der Waals surface area (Å²) < 4.78 is 13.1. The first kappa shape index (κ1) is 15.5. The third kappa shape index (κ3) is 7.47. The SMILES string of the molecule is C=CC[C@@H](C[CH2][Sn]([CH3])([CH3])[CH3])OC1CCCCO1. The van der Waals surface area contributed by atoms with Crippen molar-refractivity contribution in [3.63, 3.8) is 0 Å². The second-order valence-corrected chi connectivity index (χ2v) is 22.2. The number of hydrogen-bond acceptors (Lipinski definition) is 2. The molecule has 0 radical (unpaired) electrons. The van der Waals surface area contributed by atoms with E-state index in [4.69, 9.17) is 9.47 Å². The molecule has 1 aliphatic heterocycles. The molecule has 1 aliphatic rings. The summed E-state index contributed by atoms with van der Waals surface area (Å²) in [6, 6.07) is 0. The van der Waals surface area contributed by atoms with Crippen LogP contribution in [0, 0.1) is 0 Å². The van der Waals surface area contributed by atoms with E-state index in [2.05, 4.69) is 21.4 Å². The van der Waals surface area contributed by atoms with Crippen LogP contribution < -0.4 is 0 Å². The molecule has 0 aliphatic carbocycles. The van der Waals surface area contributed by atoms with Gasteiger partial charge in [-0.15, -0.1) is 0 Å². The molecule has 1 rings (SSSR count). The van der Waals surface area contributed by atoms with Crippen LogP contribution in [0.25, 0.3) is 0 Å². The van der Waals surface area contributed by atoms with Crippen molar-refractivity contribution in [1.82, 2.24) is 0 Å². The van der Waals surface area contributed by atoms with Crippen molar-refractivity contribution >= 4 is 18.4 Å². The van der Waals surface area contributed by atoms with Crippen LogP contribution in [-0.4, -0.2) is 37.4 Å². The third-order valence-electron chi connectivity index (χ3n) is 3.13. The Hall–Kier alpha value is 0.459. The van der Waals surface area contributed by atoms with Crippen molar-refractivity contribution in [2.75, 3.05) is 6.61 Å². The average molecular weight is 347 g/mol. The van der Waals surface area contributed by atoms with Crippen molar-refractivity contribution in [1.29, 1.82) is 0 Å². The Morgan fingerprint density at radius 3 is 2.71 bits per heavy atom. The number of ether oxygens (including phenoxy) is 2. The molecule has 1 heterocycles. The summed E-state index contributed by atoms with van der Waals surface area (Å²) in [6.45, 7) is 4.70. The molecule has 0 spiro atoms. The molecule has 1 unspecified atom stereocenters. The quantitative estimate of drug-likeness (QED) is 0.508. The molecule has 3 heteroatoms. The van der Waals surface area contributed by atoms with E-state index in [1.807, 2.05) is 6.08 Å². The molecule has 0 aromatic heterocycles. The van der Waals surface area contributed by atoms with Gasteiger partial charge in [0.2, 0.25) is 0 Å². The van der Waals surface area contributed by atoms with E-state index < -0.39 is 18.4 Å². The van der Waals surface area contributed by atoms with Crippen LogP contribution in [-0.2, 0) is 9.47 Å². The van der Waals surface area contributed by atoms with Gasteiger partial charge in [-0.3, -0.25) is 0 Å². The number of hydrogen-bond donors (Lipinski definition) is 0. The van der Waals surface area contributed by atoms with Gasteiger partial charge in [-0.05, 0) is 0 Å². The zero-order valence-electron chi connectivity index (χ0n) is 11.7. The fourth-order valence-electron chi connectivity index (χ4n) is 2.05. The Labute approximate surface area is 111 Å². The molecule has 0 saturated carbocycles. The molecular weight excluding hydrogens is 319 g/mol. The Bertz CT molecular complexity index is 217. The second-order valence-electron chi connectivity index (χ2n) is 6.18. The maximum atomic E-state index is 6.07. The van der Waals surface area contributed by atoms with E-state index >= 15 is 0 Å². The van der Waals surface area contributed by atoms with E-state index in [9.17, 15) is 0 Å². The standard InChI is InChI=1S/C11H19O2.3CH3.Sn/c1-3-7-10(4-2)13-11-8-5-6-9-12-11;;;;/h3,10-11H,1-2,4-9H2;3*1H3;/t10-,11?;;;;/m1..../s1. The summed E-state index contributed by atoms with van der Waals surface area (Å²) in [5.74, 6) is 0. The van der Waals surface area contributed by atoms with Gasteiger partial charge >= 0.3 is 111 Å². The molecule has 1 fully saturated rings. The van der Waals surface area contributed by atoms with Gasteiger partial charge in [0.15, 0.2) is 0 Å². The van der Waals surface area contributed by atoms with Gasteiger partial charge in [-0.2, -0.15) is 0 Å². The molecular formula is C14H28O2Sn. The fraction of sp³-hybridized carbons (Fsp3) is 0.857. The molecule has 100 valence electrons. The Balaban J connectivity index is 2.33. The van der Waals surface area contributed by atoms with Gasteiger partial charge in [-0.1, -0.05) is 0 Å². The monoisotopic (exact) mass is 348 g/mol. The maximum absolute atomic E-state index is 6.07. The Morgan fingerprint density at radius 1 is 1.41 bits per heavy atom. The molecule has 2 nitrogen and oxygen atoms in total. The molecule has 0 bridgehead atoms. The van der Waals surface area contributed by atoms with Crippen molar-refractivity contribution < 1.29 is 9.47 Å². The van der Waals surface area contributed by atoms with Crippen LogP contribution in [0.15, 0.2) is 12.7 Å². The predicted octanol–water partition coefficient (Wildman–Crippen LogP) is 4.20. The molecule has 0 aromatic carbocycles. The van der Waals surface area contributed by atoms with E-state index in [0.717, 1.165) is 19.4 Å². The summed E-state index contributed by atoms with van der Waals surface area (Å²) in [5.41, 5.74) is 0. The van der Waals surface area contributed by atoms with Gasteiger partial charge in [0, 0.05) is 0 Å². The molecule has 0 N–H and O–H groups in total. The van der Waals surface area contributed by atoms with E-state index in [1.54, 1.807) is 0 Å². The molecule has 0 aromatic rings. The van der Waals surface area contributed by atoms with Crippen LogP contribution in [0.1, 0.15) is 32.1 Å². The average Bonchev–Trinajstić information content (AvgIpc) is 2.27. The summed E-state index contributed by atoms with van der Waals surface area (Å²) >= 11 is -1.66. The van der Waals surface area contributed by atoms with Crippen LogP contribution in [0.2, 0.25) is 19.3 Å². The summed E-state index contributed by atoms with van der Waals surface area (Å²) in [7, 11) is 0. The predicted molar refractivity (Wildman–Crippen MR) is 76.0 cm³/mol. The van der Waals surface area contributed by atoms with Gasteiger partial charge in [-0.25, -0.2) is 0 Å². The van der Waals surface area contributed by atoms with Crippen LogP contribution in [0.4, 0.5) is 0 Å². The normalized spacial score (nSPS) is 23.4. The summed E-state index contributed by atoms with van der Waals surface area (Å²) in [4.78, 5) is 7.45. The van der Waals surface area contributed by atoms with Crippen molar-refractivity contribution in [2.45, 2.75) is 63.8 Å². The number of rotatable bonds is 7. The zero-order chi connectivity index (χ0) is 12.7. The molecule has 0 amide bonds.